The molecule has 1 saturated heterocycles. The van der Waals surface area contributed by atoms with Crippen molar-refractivity contribution in [1.29, 1.82) is 0 Å². The summed E-state index contributed by atoms with van der Waals surface area (Å²) in [7, 11) is 0. The highest BCUT2D eigenvalue weighted by atomic mass is 32.1. The molecule has 0 radical (unpaired) electrons. The Hall–Kier alpha value is -1.80. The second-order valence-corrected chi connectivity index (χ2v) is 5.20. The molecule has 1 aliphatic heterocycles. The van der Waals surface area contributed by atoms with Gasteiger partial charge in [0.15, 0.2) is 0 Å². The number of anilines is 1. The van der Waals surface area contributed by atoms with Crippen LogP contribution in [-0.2, 0) is 9.53 Å². The van der Waals surface area contributed by atoms with Gasteiger partial charge in [-0.25, -0.2) is 0 Å². The van der Waals surface area contributed by atoms with Crippen LogP contribution in [0, 0.1) is 12.8 Å². The first-order valence-electron chi connectivity index (χ1n) is 5.89. The molecular formula is C11H12N4O3S. The van der Waals surface area contributed by atoms with Crippen LogP contribution in [0.3, 0.4) is 0 Å². The van der Waals surface area contributed by atoms with Gasteiger partial charge in [-0.1, -0.05) is 0 Å². The van der Waals surface area contributed by atoms with E-state index in [4.69, 9.17) is 4.74 Å². The molecule has 1 aliphatic rings. The number of fused-ring (bicyclic) bond motifs is 1. The van der Waals surface area contributed by atoms with Gasteiger partial charge in [0.05, 0.1) is 12.5 Å². The smallest absolute Gasteiger partial charge is 0.295 e. The van der Waals surface area contributed by atoms with Gasteiger partial charge in [0.1, 0.15) is 11.5 Å². The highest BCUT2D eigenvalue weighted by Crippen LogP contribution is 2.19. The summed E-state index contributed by atoms with van der Waals surface area (Å²) in [6, 6.07) is 0. The molecule has 8 heteroatoms. The van der Waals surface area contributed by atoms with Crippen LogP contribution in [-0.4, -0.2) is 33.7 Å². The summed E-state index contributed by atoms with van der Waals surface area (Å²) in [4.78, 5) is 27.7. The van der Waals surface area contributed by atoms with Gasteiger partial charge >= 0.3 is 0 Å². The fraction of sp³-hybridized carbons (Fsp3) is 0.455. The Morgan fingerprint density at radius 2 is 2.47 bits per heavy atom. The Balaban J connectivity index is 1.90. The number of ether oxygens (including phenoxy) is 1. The van der Waals surface area contributed by atoms with Crippen molar-refractivity contribution in [1.82, 2.24) is 14.6 Å². The topological polar surface area (TPSA) is 85.6 Å². The average Bonchev–Trinajstić information content (AvgIpc) is 3.01. The van der Waals surface area contributed by atoms with Crippen molar-refractivity contribution in [2.45, 2.75) is 13.3 Å². The molecule has 19 heavy (non-hydrogen) atoms. The van der Waals surface area contributed by atoms with Gasteiger partial charge < -0.3 is 10.1 Å². The Morgan fingerprint density at radius 3 is 3.21 bits per heavy atom. The van der Waals surface area contributed by atoms with Crippen molar-refractivity contribution in [2.75, 3.05) is 18.5 Å². The largest absolute Gasteiger partial charge is 0.381 e. The van der Waals surface area contributed by atoms with E-state index in [-0.39, 0.29) is 17.4 Å². The van der Waals surface area contributed by atoms with Gasteiger partial charge in [0.2, 0.25) is 10.9 Å². The molecule has 1 amide bonds. The molecule has 2 aromatic heterocycles. The molecule has 7 nitrogen and oxygen atoms in total. The van der Waals surface area contributed by atoms with E-state index in [0.717, 1.165) is 6.42 Å². The predicted molar refractivity (Wildman–Crippen MR) is 69.4 cm³/mol. The van der Waals surface area contributed by atoms with Crippen LogP contribution in [0.1, 0.15) is 12.1 Å². The van der Waals surface area contributed by atoms with E-state index in [0.29, 0.717) is 29.7 Å². The van der Waals surface area contributed by atoms with Crippen molar-refractivity contribution < 1.29 is 9.53 Å². The number of rotatable bonds is 2. The van der Waals surface area contributed by atoms with E-state index in [9.17, 15) is 9.59 Å². The van der Waals surface area contributed by atoms with Crippen LogP contribution in [0.5, 0.6) is 0 Å². The molecule has 1 unspecified atom stereocenters. The van der Waals surface area contributed by atoms with E-state index in [2.05, 4.69) is 15.4 Å². The van der Waals surface area contributed by atoms with Gasteiger partial charge in [0, 0.05) is 12.0 Å². The Morgan fingerprint density at radius 1 is 1.63 bits per heavy atom. The van der Waals surface area contributed by atoms with Crippen LogP contribution in [0.25, 0.3) is 4.96 Å². The van der Waals surface area contributed by atoms with E-state index in [1.165, 1.54) is 15.9 Å². The monoisotopic (exact) mass is 280 g/mol. The van der Waals surface area contributed by atoms with Crippen molar-refractivity contribution in [3.8, 4) is 0 Å². The first kappa shape index (κ1) is 12.2. The van der Waals surface area contributed by atoms with Crippen LogP contribution in [0.15, 0.2) is 10.2 Å². The minimum atomic E-state index is -0.344. The summed E-state index contributed by atoms with van der Waals surface area (Å²) in [6.07, 6.45) is 0.730. The molecule has 1 N–H and O–H groups in total. The third-order valence-electron chi connectivity index (χ3n) is 2.99. The number of nitrogens with one attached hydrogen (secondary N) is 1. The molecule has 0 bridgehead atoms. The predicted octanol–water partition coefficient (Wildman–Crippen LogP) is 0.434. The van der Waals surface area contributed by atoms with Crippen molar-refractivity contribution in [3.63, 3.8) is 0 Å². The Bertz CT molecular complexity index is 687. The molecule has 1 fully saturated rings. The Labute approximate surface area is 112 Å². The lowest BCUT2D eigenvalue weighted by Gasteiger charge is -2.08. The zero-order valence-electron chi connectivity index (χ0n) is 10.3. The average molecular weight is 280 g/mol. The lowest BCUT2D eigenvalue weighted by molar-refractivity contribution is -0.119. The number of nitrogens with zero attached hydrogens (tertiary/aromatic N) is 3. The maximum atomic E-state index is 12.0. The standard InChI is InChI=1S/C11H12N4O3S/c1-6-9(16)13-11-15(14-6)8(5-19-11)12-10(17)7-2-3-18-4-7/h5,7H,2-4H2,1H3,(H,12,17). The maximum Gasteiger partial charge on any atom is 0.295 e. The molecule has 2 aromatic rings. The van der Waals surface area contributed by atoms with Gasteiger partial charge in [-0.05, 0) is 13.3 Å². The fourth-order valence-corrected chi connectivity index (χ4v) is 2.64. The van der Waals surface area contributed by atoms with Gasteiger partial charge in [0.25, 0.3) is 5.56 Å². The van der Waals surface area contributed by atoms with Gasteiger partial charge in [-0.3, -0.25) is 9.59 Å². The van der Waals surface area contributed by atoms with E-state index in [1.807, 2.05) is 0 Å². The summed E-state index contributed by atoms with van der Waals surface area (Å²) < 4.78 is 6.67. The second-order valence-electron chi connectivity index (χ2n) is 4.37. The van der Waals surface area contributed by atoms with Crippen LogP contribution in [0.2, 0.25) is 0 Å². The molecular weight excluding hydrogens is 268 g/mol. The van der Waals surface area contributed by atoms with Crippen LogP contribution >= 0.6 is 11.3 Å². The molecule has 3 rings (SSSR count). The van der Waals surface area contributed by atoms with E-state index < -0.39 is 0 Å². The highest BCUT2D eigenvalue weighted by molar-refractivity contribution is 7.15. The summed E-state index contributed by atoms with van der Waals surface area (Å²) in [5.74, 6) is 0.325. The molecule has 100 valence electrons. The Kier molecular flexibility index (Phi) is 3.03. The molecule has 3 heterocycles. The highest BCUT2D eigenvalue weighted by Gasteiger charge is 2.24. The maximum absolute atomic E-state index is 12.0. The zero-order valence-corrected chi connectivity index (χ0v) is 11.1. The second kappa shape index (κ2) is 4.71. The number of amides is 1. The molecule has 0 saturated carbocycles. The molecule has 0 aliphatic carbocycles. The fourth-order valence-electron chi connectivity index (χ4n) is 1.89. The summed E-state index contributed by atoms with van der Waals surface area (Å²) in [6.45, 7) is 2.66. The lowest BCUT2D eigenvalue weighted by Crippen LogP contribution is -2.24. The summed E-state index contributed by atoms with van der Waals surface area (Å²) >= 11 is 1.26. The van der Waals surface area contributed by atoms with Crippen molar-refractivity contribution >= 4 is 28.0 Å². The van der Waals surface area contributed by atoms with Crippen LogP contribution < -0.4 is 10.9 Å². The summed E-state index contributed by atoms with van der Waals surface area (Å²) in [5.41, 5.74) is -0.0421. The minimum absolute atomic E-state index is 0.0876. The third kappa shape index (κ3) is 2.24. The third-order valence-corrected chi connectivity index (χ3v) is 3.81. The molecule has 0 spiro atoms. The number of hydrogen-bond donors (Lipinski definition) is 1. The first-order chi connectivity index (χ1) is 9.15. The minimum Gasteiger partial charge on any atom is -0.381 e. The normalized spacial score (nSPS) is 18.9. The number of thiazole rings is 1. The number of aromatic nitrogens is 3. The number of hydrogen-bond acceptors (Lipinski definition) is 6. The SMILES string of the molecule is Cc1nn2c(NC(=O)C3CCOC3)csc2nc1=O. The number of aryl methyl sites for hydroxylation is 1. The number of carbonyl (C=O) groups is 1. The van der Waals surface area contributed by atoms with Crippen molar-refractivity contribution in [3.05, 3.63) is 21.4 Å². The van der Waals surface area contributed by atoms with Crippen molar-refractivity contribution in [2.24, 2.45) is 5.92 Å². The zero-order chi connectivity index (χ0) is 13.4. The lowest BCUT2D eigenvalue weighted by atomic mass is 10.1. The van der Waals surface area contributed by atoms with Gasteiger partial charge in [-0.15, -0.1) is 11.3 Å². The molecule has 1 atom stereocenters. The van der Waals surface area contributed by atoms with Gasteiger partial charge in [-0.2, -0.15) is 14.6 Å². The first-order valence-corrected chi connectivity index (χ1v) is 6.77. The van der Waals surface area contributed by atoms with E-state index in [1.54, 1.807) is 12.3 Å². The summed E-state index contributed by atoms with van der Waals surface area (Å²) in [5, 5.41) is 8.65. The van der Waals surface area contributed by atoms with E-state index >= 15 is 0 Å². The quantitative estimate of drug-likeness (QED) is 0.862. The van der Waals surface area contributed by atoms with Crippen LogP contribution in [0.4, 0.5) is 5.82 Å². The molecule has 0 aromatic carbocycles. The number of carbonyl (C=O) groups excluding carboxylic acids is 1.